The summed E-state index contributed by atoms with van der Waals surface area (Å²) < 4.78 is 28.1. The maximum atomic E-state index is 12.9. The molecule has 0 aliphatic rings. The first-order valence-corrected chi connectivity index (χ1v) is 11.4. The number of aromatic nitrogens is 3. The van der Waals surface area contributed by atoms with E-state index in [0.717, 1.165) is 5.69 Å². The lowest BCUT2D eigenvalue weighted by atomic mass is 10.1. The molecule has 9 heteroatoms. The van der Waals surface area contributed by atoms with Crippen LogP contribution in [0.3, 0.4) is 0 Å². The van der Waals surface area contributed by atoms with Gasteiger partial charge in [0.15, 0.2) is 5.82 Å². The molecular weight excluding hydrogens is 414 g/mol. The highest BCUT2D eigenvalue weighted by atomic mass is 32.2. The highest BCUT2D eigenvalue weighted by Crippen LogP contribution is 2.23. The Morgan fingerprint density at radius 3 is 2.55 bits per heavy atom. The number of anilines is 1. The summed E-state index contributed by atoms with van der Waals surface area (Å²) >= 11 is 0. The van der Waals surface area contributed by atoms with Gasteiger partial charge in [-0.15, -0.1) is 6.58 Å². The molecule has 162 valence electrons. The van der Waals surface area contributed by atoms with Crippen molar-refractivity contribution in [3.63, 3.8) is 0 Å². The lowest BCUT2D eigenvalue weighted by Gasteiger charge is -2.12. The number of sulfonamides is 1. The van der Waals surface area contributed by atoms with Gasteiger partial charge in [0.1, 0.15) is 0 Å². The van der Waals surface area contributed by atoms with Crippen LogP contribution in [0.4, 0.5) is 5.69 Å². The van der Waals surface area contributed by atoms with Crippen molar-refractivity contribution in [2.45, 2.75) is 25.5 Å². The Morgan fingerprint density at radius 2 is 1.94 bits per heavy atom. The van der Waals surface area contributed by atoms with Crippen LogP contribution in [0, 0.1) is 0 Å². The van der Waals surface area contributed by atoms with Crippen LogP contribution in [0.5, 0.6) is 0 Å². The predicted molar refractivity (Wildman–Crippen MR) is 121 cm³/mol. The zero-order valence-corrected chi connectivity index (χ0v) is 18.3. The molecule has 8 nitrogen and oxygen atoms in total. The van der Waals surface area contributed by atoms with E-state index in [4.69, 9.17) is 0 Å². The van der Waals surface area contributed by atoms with Crippen molar-refractivity contribution in [2.24, 2.45) is 0 Å². The average Bonchev–Trinajstić information content (AvgIpc) is 3.20. The average molecular weight is 440 g/mol. The lowest BCUT2D eigenvalue weighted by Crippen LogP contribution is -2.25. The number of nitrogens with zero attached hydrogens (tertiary/aromatic N) is 3. The number of pyridine rings is 1. The molecule has 1 aromatic carbocycles. The number of nitrogens with one attached hydrogen (secondary N) is 2. The summed E-state index contributed by atoms with van der Waals surface area (Å²) in [6, 6.07) is 12.2. The van der Waals surface area contributed by atoms with Crippen molar-refractivity contribution in [1.82, 2.24) is 19.5 Å². The quantitative estimate of drug-likeness (QED) is 0.498. The largest absolute Gasteiger partial charge is 0.322 e. The monoisotopic (exact) mass is 439 g/mol. The van der Waals surface area contributed by atoms with Gasteiger partial charge in [0.25, 0.3) is 5.91 Å². The second-order valence-corrected chi connectivity index (χ2v) is 9.05. The van der Waals surface area contributed by atoms with E-state index in [-0.39, 0.29) is 24.1 Å². The van der Waals surface area contributed by atoms with Crippen LogP contribution in [-0.4, -0.2) is 35.6 Å². The fourth-order valence-corrected chi connectivity index (χ4v) is 4.19. The van der Waals surface area contributed by atoms with Crippen LogP contribution < -0.4 is 10.0 Å². The van der Waals surface area contributed by atoms with Crippen molar-refractivity contribution in [1.29, 1.82) is 0 Å². The van der Waals surface area contributed by atoms with Crippen LogP contribution in [0.1, 0.15) is 41.4 Å². The molecule has 0 saturated carbocycles. The summed E-state index contributed by atoms with van der Waals surface area (Å²) in [7, 11) is -3.44. The Morgan fingerprint density at radius 1 is 1.19 bits per heavy atom. The fraction of sp³-hybridized carbons (Fsp3) is 0.227. The molecule has 2 N–H and O–H groups in total. The summed E-state index contributed by atoms with van der Waals surface area (Å²) in [6.07, 6.45) is 4.69. The number of carbonyl (C=O) groups is 1. The summed E-state index contributed by atoms with van der Waals surface area (Å²) in [6.45, 7) is 7.65. The Hall–Kier alpha value is -3.30. The summed E-state index contributed by atoms with van der Waals surface area (Å²) in [5.74, 6) is 0.240. The van der Waals surface area contributed by atoms with Crippen LogP contribution in [-0.2, 0) is 15.8 Å². The molecule has 0 atom stereocenters. The third kappa shape index (κ3) is 5.65. The molecule has 31 heavy (non-hydrogen) atoms. The van der Waals surface area contributed by atoms with Crippen LogP contribution >= 0.6 is 0 Å². The molecule has 0 fully saturated rings. The van der Waals surface area contributed by atoms with Gasteiger partial charge >= 0.3 is 0 Å². The smallest absolute Gasteiger partial charge is 0.259 e. The second-order valence-electron chi connectivity index (χ2n) is 7.25. The first kappa shape index (κ1) is 22.4. The van der Waals surface area contributed by atoms with Gasteiger partial charge in [-0.3, -0.25) is 4.79 Å². The van der Waals surface area contributed by atoms with Crippen molar-refractivity contribution in [2.75, 3.05) is 11.9 Å². The fourth-order valence-electron chi connectivity index (χ4n) is 3.09. The number of hydrogen-bond donors (Lipinski definition) is 2. The normalized spacial score (nSPS) is 11.5. The number of rotatable bonds is 9. The zero-order valence-electron chi connectivity index (χ0n) is 17.4. The maximum Gasteiger partial charge on any atom is 0.259 e. The van der Waals surface area contributed by atoms with Gasteiger partial charge in [-0.05, 0) is 35.7 Å². The molecule has 0 aliphatic carbocycles. The molecule has 0 aliphatic heterocycles. The third-order valence-corrected chi connectivity index (χ3v) is 5.80. The highest BCUT2D eigenvalue weighted by Gasteiger charge is 2.21. The van der Waals surface area contributed by atoms with E-state index in [0.29, 0.717) is 22.6 Å². The number of benzene rings is 1. The number of carbonyl (C=O) groups excluding carboxylic acids is 1. The van der Waals surface area contributed by atoms with E-state index in [1.54, 1.807) is 35.1 Å². The molecule has 0 radical (unpaired) electrons. The van der Waals surface area contributed by atoms with E-state index in [9.17, 15) is 13.2 Å². The molecule has 3 aromatic rings. The summed E-state index contributed by atoms with van der Waals surface area (Å²) in [4.78, 5) is 17.2. The van der Waals surface area contributed by atoms with Gasteiger partial charge < -0.3 is 5.32 Å². The highest BCUT2D eigenvalue weighted by molar-refractivity contribution is 7.88. The minimum absolute atomic E-state index is 0.0425. The van der Waals surface area contributed by atoms with Gasteiger partial charge in [0.05, 0.1) is 23.2 Å². The third-order valence-electron chi connectivity index (χ3n) is 4.48. The number of hydrogen-bond acceptors (Lipinski definition) is 5. The van der Waals surface area contributed by atoms with Gasteiger partial charge in [-0.25, -0.2) is 22.8 Å². The molecule has 0 spiro atoms. The Labute approximate surface area is 182 Å². The molecule has 1 amide bonds. The van der Waals surface area contributed by atoms with Gasteiger partial charge in [-0.2, -0.15) is 5.10 Å². The van der Waals surface area contributed by atoms with Crippen molar-refractivity contribution >= 4 is 21.6 Å². The van der Waals surface area contributed by atoms with Gasteiger partial charge in [-0.1, -0.05) is 38.1 Å². The first-order chi connectivity index (χ1) is 14.8. The molecule has 0 saturated heterocycles. The Bertz CT molecular complexity index is 1150. The molecule has 0 unspecified atom stereocenters. The molecule has 0 bridgehead atoms. The Balaban J connectivity index is 1.76. The first-order valence-electron chi connectivity index (χ1n) is 9.78. The predicted octanol–water partition coefficient (Wildman–Crippen LogP) is 3.25. The molecular formula is C22H25N5O3S. The standard InChI is InChI=1S/C22H25N5O3S/c1-4-12-25-31(29,30)15-17-8-10-18(11-9-17)26-22(28)19-14-24-27(21(19)16(2)3)20-7-5-6-13-23-20/h4-11,13-14,16,25H,1,12,15H2,2-3H3,(H,26,28). The van der Waals surface area contributed by atoms with E-state index in [1.807, 2.05) is 32.0 Å². The maximum absolute atomic E-state index is 12.9. The second kappa shape index (κ2) is 9.67. The summed E-state index contributed by atoms with van der Waals surface area (Å²) in [5, 5.41) is 7.21. The van der Waals surface area contributed by atoms with Crippen LogP contribution in [0.2, 0.25) is 0 Å². The lowest BCUT2D eigenvalue weighted by molar-refractivity contribution is 0.102. The van der Waals surface area contributed by atoms with Crippen molar-refractivity contribution < 1.29 is 13.2 Å². The van der Waals surface area contributed by atoms with E-state index in [2.05, 4.69) is 26.7 Å². The molecule has 2 heterocycles. The van der Waals surface area contributed by atoms with E-state index < -0.39 is 10.0 Å². The van der Waals surface area contributed by atoms with Crippen LogP contribution in [0.25, 0.3) is 5.82 Å². The summed E-state index contributed by atoms with van der Waals surface area (Å²) in [5.41, 5.74) is 2.39. The van der Waals surface area contributed by atoms with Gasteiger partial charge in [0, 0.05) is 18.4 Å². The van der Waals surface area contributed by atoms with Crippen molar-refractivity contribution in [3.8, 4) is 5.82 Å². The Kier molecular flexibility index (Phi) is 6.98. The van der Waals surface area contributed by atoms with E-state index in [1.165, 1.54) is 12.3 Å². The topological polar surface area (TPSA) is 106 Å². The molecule has 2 aromatic heterocycles. The van der Waals surface area contributed by atoms with Gasteiger partial charge in [0.2, 0.25) is 10.0 Å². The number of amides is 1. The van der Waals surface area contributed by atoms with E-state index >= 15 is 0 Å². The molecule has 3 rings (SSSR count). The minimum Gasteiger partial charge on any atom is -0.322 e. The SMILES string of the molecule is C=CCNS(=O)(=O)Cc1ccc(NC(=O)c2cnn(-c3ccccn3)c2C(C)C)cc1. The van der Waals surface area contributed by atoms with Crippen molar-refractivity contribution in [3.05, 3.63) is 84.3 Å². The zero-order chi connectivity index (χ0) is 22.4. The van der Waals surface area contributed by atoms with Crippen LogP contribution in [0.15, 0.2) is 67.5 Å². The minimum atomic E-state index is -3.44.